The number of aryl methyl sites for hydroxylation is 2. The molecular formula is C10H13N5O. The van der Waals surface area contributed by atoms with E-state index in [4.69, 9.17) is 0 Å². The highest BCUT2D eigenvalue weighted by Gasteiger charge is 2.14. The van der Waals surface area contributed by atoms with E-state index in [1.54, 1.807) is 19.3 Å². The molecule has 16 heavy (non-hydrogen) atoms. The molecule has 0 fully saturated rings. The van der Waals surface area contributed by atoms with Crippen molar-refractivity contribution in [2.45, 2.75) is 20.4 Å². The summed E-state index contributed by atoms with van der Waals surface area (Å²) < 4.78 is 0. The molecule has 0 spiro atoms. The number of rotatable bonds is 3. The van der Waals surface area contributed by atoms with Crippen molar-refractivity contribution >= 4 is 5.91 Å². The van der Waals surface area contributed by atoms with Crippen molar-refractivity contribution in [1.29, 1.82) is 0 Å². The summed E-state index contributed by atoms with van der Waals surface area (Å²) in [5.74, 6) is 0.590. The van der Waals surface area contributed by atoms with Gasteiger partial charge in [-0.05, 0) is 13.8 Å². The fraction of sp³-hybridized carbons (Fsp3) is 0.300. The first kappa shape index (κ1) is 10.4. The van der Waals surface area contributed by atoms with Crippen LogP contribution >= 0.6 is 0 Å². The van der Waals surface area contributed by atoms with E-state index in [1.165, 1.54) is 0 Å². The largest absolute Gasteiger partial charge is 0.347 e. The van der Waals surface area contributed by atoms with Gasteiger partial charge in [-0.15, -0.1) is 0 Å². The Morgan fingerprint density at radius 1 is 1.50 bits per heavy atom. The summed E-state index contributed by atoms with van der Waals surface area (Å²) in [5, 5.41) is 9.53. The summed E-state index contributed by atoms with van der Waals surface area (Å²) in [4.78, 5) is 18.8. The normalized spacial score (nSPS) is 10.4. The number of aromatic nitrogens is 4. The lowest BCUT2D eigenvalue weighted by molar-refractivity contribution is 0.0949. The molecule has 2 heterocycles. The zero-order valence-electron chi connectivity index (χ0n) is 9.16. The summed E-state index contributed by atoms with van der Waals surface area (Å²) >= 11 is 0. The first-order chi connectivity index (χ1) is 7.68. The first-order valence-corrected chi connectivity index (χ1v) is 4.96. The van der Waals surface area contributed by atoms with Gasteiger partial charge >= 0.3 is 0 Å². The van der Waals surface area contributed by atoms with E-state index in [1.807, 2.05) is 6.92 Å². The molecule has 1 amide bonds. The highest BCUT2D eigenvalue weighted by atomic mass is 16.1. The third-order valence-electron chi connectivity index (χ3n) is 2.33. The van der Waals surface area contributed by atoms with Crippen LogP contribution in [-0.2, 0) is 6.54 Å². The highest BCUT2D eigenvalue weighted by molar-refractivity contribution is 5.96. The summed E-state index contributed by atoms with van der Waals surface area (Å²) in [5.41, 5.74) is 2.08. The van der Waals surface area contributed by atoms with Gasteiger partial charge in [0, 0.05) is 18.1 Å². The van der Waals surface area contributed by atoms with Gasteiger partial charge in [-0.2, -0.15) is 5.10 Å². The zero-order valence-corrected chi connectivity index (χ0v) is 9.16. The van der Waals surface area contributed by atoms with Gasteiger partial charge in [0.05, 0.1) is 17.8 Å². The van der Waals surface area contributed by atoms with Crippen molar-refractivity contribution in [2.75, 3.05) is 0 Å². The van der Waals surface area contributed by atoms with Crippen LogP contribution in [0, 0.1) is 13.8 Å². The fourth-order valence-corrected chi connectivity index (χ4v) is 1.53. The number of nitrogens with one attached hydrogen (secondary N) is 3. The molecule has 0 radical (unpaired) electrons. The second-order valence-corrected chi connectivity index (χ2v) is 3.53. The van der Waals surface area contributed by atoms with Crippen molar-refractivity contribution in [3.8, 4) is 0 Å². The molecule has 0 aliphatic rings. The number of carbonyl (C=O) groups is 1. The van der Waals surface area contributed by atoms with Crippen molar-refractivity contribution in [2.24, 2.45) is 0 Å². The zero-order chi connectivity index (χ0) is 11.5. The molecule has 0 saturated heterocycles. The Hall–Kier alpha value is -2.11. The van der Waals surface area contributed by atoms with E-state index >= 15 is 0 Å². The molecule has 0 aromatic carbocycles. The molecule has 0 aliphatic carbocycles. The number of hydrogen-bond acceptors (Lipinski definition) is 3. The Bertz CT molecular complexity index is 466. The molecule has 2 aromatic heterocycles. The Kier molecular flexibility index (Phi) is 2.72. The average Bonchev–Trinajstić information content (AvgIpc) is 2.86. The molecule has 0 bridgehead atoms. The van der Waals surface area contributed by atoms with Crippen LogP contribution in [-0.4, -0.2) is 26.1 Å². The lowest BCUT2D eigenvalue weighted by Crippen LogP contribution is -2.24. The number of aromatic amines is 2. The van der Waals surface area contributed by atoms with E-state index in [2.05, 4.69) is 25.5 Å². The summed E-state index contributed by atoms with van der Waals surface area (Å²) in [6.45, 7) is 4.00. The number of carbonyl (C=O) groups excluding carboxylic acids is 1. The Balaban J connectivity index is 2.04. The van der Waals surface area contributed by atoms with Crippen LogP contribution in [0.2, 0.25) is 0 Å². The van der Waals surface area contributed by atoms with E-state index in [0.29, 0.717) is 17.8 Å². The second kappa shape index (κ2) is 4.18. The van der Waals surface area contributed by atoms with E-state index < -0.39 is 0 Å². The Labute approximate surface area is 92.5 Å². The van der Waals surface area contributed by atoms with Crippen LogP contribution in [0.25, 0.3) is 0 Å². The second-order valence-electron chi connectivity index (χ2n) is 3.53. The lowest BCUT2D eigenvalue weighted by Gasteiger charge is -2.02. The quantitative estimate of drug-likeness (QED) is 0.709. The summed E-state index contributed by atoms with van der Waals surface area (Å²) in [6, 6.07) is 0. The monoisotopic (exact) mass is 219 g/mol. The minimum absolute atomic E-state index is 0.139. The SMILES string of the molecule is Cc1n[nH]c(C)c1C(=O)NCc1ncc[nH]1. The predicted molar refractivity (Wildman–Crippen MR) is 57.8 cm³/mol. The van der Waals surface area contributed by atoms with Gasteiger partial charge in [-0.3, -0.25) is 9.89 Å². The predicted octanol–water partition coefficient (Wildman–Crippen LogP) is 0.680. The number of imidazole rings is 1. The van der Waals surface area contributed by atoms with Gasteiger partial charge in [0.15, 0.2) is 0 Å². The average molecular weight is 219 g/mol. The van der Waals surface area contributed by atoms with Gasteiger partial charge in [0.1, 0.15) is 5.82 Å². The van der Waals surface area contributed by atoms with Crippen molar-refractivity contribution in [3.63, 3.8) is 0 Å². The molecule has 3 N–H and O–H groups in total. The maximum absolute atomic E-state index is 11.8. The molecule has 0 unspecified atom stereocenters. The highest BCUT2D eigenvalue weighted by Crippen LogP contribution is 2.08. The number of hydrogen-bond donors (Lipinski definition) is 3. The van der Waals surface area contributed by atoms with Gasteiger partial charge < -0.3 is 10.3 Å². The number of amides is 1. The summed E-state index contributed by atoms with van der Waals surface area (Å²) in [6.07, 6.45) is 3.37. The minimum atomic E-state index is -0.139. The van der Waals surface area contributed by atoms with E-state index in [9.17, 15) is 4.79 Å². The maximum atomic E-state index is 11.8. The molecule has 0 aliphatic heterocycles. The van der Waals surface area contributed by atoms with Crippen LogP contribution in [0.5, 0.6) is 0 Å². The van der Waals surface area contributed by atoms with Gasteiger partial charge in [-0.1, -0.05) is 0 Å². The van der Waals surface area contributed by atoms with Gasteiger partial charge in [0.2, 0.25) is 0 Å². The van der Waals surface area contributed by atoms with Crippen molar-refractivity contribution in [1.82, 2.24) is 25.5 Å². The lowest BCUT2D eigenvalue weighted by atomic mass is 10.2. The van der Waals surface area contributed by atoms with Crippen molar-refractivity contribution < 1.29 is 4.79 Å². The Morgan fingerprint density at radius 3 is 2.88 bits per heavy atom. The van der Waals surface area contributed by atoms with Crippen LogP contribution < -0.4 is 5.32 Å². The van der Waals surface area contributed by atoms with Gasteiger partial charge in [-0.25, -0.2) is 4.98 Å². The third-order valence-corrected chi connectivity index (χ3v) is 2.33. The van der Waals surface area contributed by atoms with Crippen LogP contribution in [0.3, 0.4) is 0 Å². The molecule has 2 rings (SSSR count). The minimum Gasteiger partial charge on any atom is -0.347 e. The standard InChI is InChI=1S/C10H13N5O/c1-6-9(7(2)15-14-6)10(16)13-5-8-11-3-4-12-8/h3-4H,5H2,1-2H3,(H,11,12)(H,13,16)(H,14,15). The third kappa shape index (κ3) is 1.95. The Morgan fingerprint density at radius 2 is 2.31 bits per heavy atom. The fourth-order valence-electron chi connectivity index (χ4n) is 1.53. The molecular weight excluding hydrogens is 206 g/mol. The molecule has 0 atom stereocenters. The van der Waals surface area contributed by atoms with Crippen LogP contribution in [0.15, 0.2) is 12.4 Å². The molecule has 2 aromatic rings. The van der Waals surface area contributed by atoms with E-state index in [0.717, 1.165) is 11.5 Å². The van der Waals surface area contributed by atoms with E-state index in [-0.39, 0.29) is 5.91 Å². The number of H-pyrrole nitrogens is 2. The maximum Gasteiger partial charge on any atom is 0.255 e. The van der Waals surface area contributed by atoms with Crippen molar-refractivity contribution in [3.05, 3.63) is 35.2 Å². The molecule has 0 saturated carbocycles. The first-order valence-electron chi connectivity index (χ1n) is 4.96. The smallest absolute Gasteiger partial charge is 0.255 e. The van der Waals surface area contributed by atoms with Gasteiger partial charge in [0.25, 0.3) is 5.91 Å². The molecule has 6 nitrogen and oxygen atoms in total. The topological polar surface area (TPSA) is 86.5 Å². The molecule has 6 heteroatoms. The molecule has 84 valence electrons. The van der Waals surface area contributed by atoms with Crippen LogP contribution in [0.1, 0.15) is 27.6 Å². The summed E-state index contributed by atoms with van der Waals surface area (Å²) in [7, 11) is 0. The van der Waals surface area contributed by atoms with Crippen LogP contribution in [0.4, 0.5) is 0 Å². The number of nitrogens with zero attached hydrogens (tertiary/aromatic N) is 2.